The topological polar surface area (TPSA) is 40.5 Å². The number of amides is 1. The number of hydrogen-bond acceptors (Lipinski definition) is 3. The molecule has 2 heterocycles. The van der Waals surface area contributed by atoms with Crippen molar-refractivity contribution in [2.45, 2.75) is 38.6 Å². The Morgan fingerprint density at radius 1 is 1.37 bits per heavy atom. The van der Waals surface area contributed by atoms with Gasteiger partial charge < -0.3 is 10.0 Å². The fourth-order valence-electron chi connectivity index (χ4n) is 2.17. The van der Waals surface area contributed by atoms with E-state index in [2.05, 4.69) is 11.8 Å². The summed E-state index contributed by atoms with van der Waals surface area (Å²) in [5.74, 6) is 6.28. The quantitative estimate of drug-likeness (QED) is 0.862. The lowest BCUT2D eigenvalue weighted by Crippen LogP contribution is -2.29. The van der Waals surface area contributed by atoms with Crippen LogP contribution < -0.4 is 0 Å². The molecule has 3 nitrogen and oxygen atoms in total. The third-order valence-electron chi connectivity index (χ3n) is 3.21. The highest BCUT2D eigenvalue weighted by Crippen LogP contribution is 2.21. The Bertz CT molecular complexity index is 484. The zero-order valence-electron chi connectivity index (χ0n) is 11.0. The first-order valence-electron chi connectivity index (χ1n) is 6.75. The van der Waals surface area contributed by atoms with Crippen LogP contribution in [-0.2, 0) is 11.3 Å². The van der Waals surface area contributed by atoms with Gasteiger partial charge in [-0.15, -0.1) is 11.3 Å². The van der Waals surface area contributed by atoms with Gasteiger partial charge in [0.15, 0.2) is 0 Å². The molecule has 0 radical (unpaired) electrons. The molecule has 19 heavy (non-hydrogen) atoms. The van der Waals surface area contributed by atoms with Gasteiger partial charge in [0.1, 0.15) is 0 Å². The van der Waals surface area contributed by atoms with Crippen molar-refractivity contribution < 1.29 is 9.90 Å². The first-order valence-corrected chi connectivity index (χ1v) is 7.63. The lowest BCUT2D eigenvalue weighted by atomic mass is 10.2. The van der Waals surface area contributed by atoms with Crippen molar-refractivity contribution in [3.05, 3.63) is 21.9 Å². The molecule has 1 aromatic rings. The predicted octanol–water partition coefficient (Wildman–Crippen LogP) is 2.38. The summed E-state index contributed by atoms with van der Waals surface area (Å²) in [6.45, 7) is 1.64. The van der Waals surface area contributed by atoms with E-state index in [-0.39, 0.29) is 12.5 Å². The molecule has 102 valence electrons. The molecule has 0 aliphatic carbocycles. The number of rotatable bonds is 3. The number of nitrogens with zero attached hydrogens (tertiary/aromatic N) is 1. The fraction of sp³-hybridized carbons (Fsp3) is 0.533. The minimum Gasteiger partial charge on any atom is -0.395 e. The minimum absolute atomic E-state index is 0.0943. The molecule has 0 unspecified atom stereocenters. The maximum absolute atomic E-state index is 12.0. The van der Waals surface area contributed by atoms with E-state index >= 15 is 0 Å². The number of aliphatic hydroxyl groups excluding tert-OH is 1. The summed E-state index contributed by atoms with van der Waals surface area (Å²) >= 11 is 1.65. The Morgan fingerprint density at radius 2 is 2.26 bits per heavy atom. The van der Waals surface area contributed by atoms with Crippen LogP contribution in [0.3, 0.4) is 0 Å². The highest BCUT2D eigenvalue weighted by Gasteiger charge is 2.18. The minimum atomic E-state index is 0.0943. The van der Waals surface area contributed by atoms with E-state index < -0.39 is 0 Å². The molecule has 0 atom stereocenters. The predicted molar refractivity (Wildman–Crippen MR) is 76.8 cm³/mol. The maximum atomic E-state index is 12.0. The fourth-order valence-corrected chi connectivity index (χ4v) is 3.01. The molecule has 0 spiro atoms. The second-order valence-corrected chi connectivity index (χ2v) is 5.66. The zero-order chi connectivity index (χ0) is 13.5. The van der Waals surface area contributed by atoms with Crippen LogP contribution in [0.1, 0.15) is 42.5 Å². The Hall–Kier alpha value is -1.31. The van der Waals surface area contributed by atoms with E-state index in [0.717, 1.165) is 36.2 Å². The Labute approximate surface area is 118 Å². The molecule has 1 saturated heterocycles. The van der Waals surface area contributed by atoms with E-state index in [9.17, 15) is 4.79 Å². The van der Waals surface area contributed by atoms with E-state index in [1.165, 1.54) is 0 Å². The number of aliphatic hydroxyl groups is 1. The third-order valence-corrected chi connectivity index (χ3v) is 4.12. The third kappa shape index (κ3) is 4.09. The summed E-state index contributed by atoms with van der Waals surface area (Å²) < 4.78 is 0. The molecule has 1 N–H and O–H groups in total. The van der Waals surface area contributed by atoms with Crippen LogP contribution in [0.5, 0.6) is 0 Å². The highest BCUT2D eigenvalue weighted by molar-refractivity contribution is 7.10. The van der Waals surface area contributed by atoms with Crippen LogP contribution in [0.15, 0.2) is 11.4 Å². The molecule has 0 bridgehead atoms. The van der Waals surface area contributed by atoms with Crippen LogP contribution in [0.4, 0.5) is 0 Å². The van der Waals surface area contributed by atoms with Crippen LogP contribution in [0.25, 0.3) is 0 Å². The normalized spacial score (nSPS) is 15.8. The van der Waals surface area contributed by atoms with Crippen molar-refractivity contribution in [3.63, 3.8) is 0 Å². The molecule has 2 rings (SSSR count). The van der Waals surface area contributed by atoms with Crippen molar-refractivity contribution in [2.75, 3.05) is 13.2 Å². The van der Waals surface area contributed by atoms with Crippen LogP contribution in [-0.4, -0.2) is 29.1 Å². The average molecular weight is 277 g/mol. The van der Waals surface area contributed by atoms with Crippen LogP contribution in [0, 0.1) is 11.8 Å². The maximum Gasteiger partial charge on any atom is 0.222 e. The smallest absolute Gasteiger partial charge is 0.222 e. The molecular weight excluding hydrogens is 258 g/mol. The molecular formula is C15H19NO2S. The van der Waals surface area contributed by atoms with Gasteiger partial charge in [0.05, 0.1) is 13.2 Å². The van der Waals surface area contributed by atoms with Gasteiger partial charge >= 0.3 is 0 Å². The van der Waals surface area contributed by atoms with Gasteiger partial charge in [-0.1, -0.05) is 18.3 Å². The molecule has 1 aromatic heterocycles. The average Bonchev–Trinajstić information content (AvgIpc) is 2.74. The summed E-state index contributed by atoms with van der Waals surface area (Å²) in [5.41, 5.74) is 0.996. The lowest BCUT2D eigenvalue weighted by Gasteiger charge is -2.19. The van der Waals surface area contributed by atoms with Crippen molar-refractivity contribution >= 4 is 17.2 Å². The summed E-state index contributed by atoms with van der Waals surface area (Å²) in [6, 6.07) is 1.99. The molecule has 4 heteroatoms. The Morgan fingerprint density at radius 3 is 3.11 bits per heavy atom. The molecule has 1 aliphatic heterocycles. The molecule has 1 aliphatic rings. The van der Waals surface area contributed by atoms with Crippen molar-refractivity contribution in [1.82, 2.24) is 4.90 Å². The summed E-state index contributed by atoms with van der Waals surface area (Å²) in [6.07, 6.45) is 4.44. The number of hydrogen-bond donors (Lipinski definition) is 1. The van der Waals surface area contributed by atoms with Gasteiger partial charge in [0.2, 0.25) is 5.91 Å². The standard InChI is InChI=1S/C15H19NO2S/c17-10-5-3-6-13-8-11-19-14(13)12-16-9-4-1-2-7-15(16)18/h8,11,17H,1-2,4-5,7,9-10,12H2. The van der Waals surface area contributed by atoms with Crippen LogP contribution in [0.2, 0.25) is 0 Å². The van der Waals surface area contributed by atoms with E-state index in [4.69, 9.17) is 5.11 Å². The van der Waals surface area contributed by atoms with Crippen molar-refractivity contribution in [2.24, 2.45) is 0 Å². The Kier molecular flexibility index (Phi) is 5.44. The largest absolute Gasteiger partial charge is 0.395 e. The van der Waals surface area contributed by atoms with Gasteiger partial charge in [-0.05, 0) is 24.3 Å². The second-order valence-electron chi connectivity index (χ2n) is 4.66. The van der Waals surface area contributed by atoms with E-state index in [1.807, 2.05) is 16.3 Å². The number of likely N-dealkylation sites (tertiary alicyclic amines) is 1. The molecule has 0 saturated carbocycles. The van der Waals surface area contributed by atoms with Crippen LogP contribution >= 0.6 is 11.3 Å². The molecule has 1 amide bonds. The summed E-state index contributed by atoms with van der Waals surface area (Å²) in [4.78, 5) is 15.1. The highest BCUT2D eigenvalue weighted by atomic mass is 32.1. The molecule has 0 aromatic carbocycles. The van der Waals surface area contributed by atoms with Gasteiger partial charge in [0.25, 0.3) is 0 Å². The van der Waals surface area contributed by atoms with E-state index in [1.54, 1.807) is 11.3 Å². The lowest BCUT2D eigenvalue weighted by molar-refractivity contribution is -0.131. The van der Waals surface area contributed by atoms with Crippen molar-refractivity contribution in [1.29, 1.82) is 0 Å². The summed E-state index contributed by atoms with van der Waals surface area (Å²) in [7, 11) is 0. The first kappa shape index (κ1) is 14.1. The monoisotopic (exact) mass is 277 g/mol. The SMILES string of the molecule is O=C1CCCCCN1Cc1sccc1C#CCCO. The van der Waals surface area contributed by atoms with E-state index in [0.29, 0.717) is 19.4 Å². The first-order chi connectivity index (χ1) is 9.31. The van der Waals surface area contributed by atoms with Gasteiger partial charge in [0, 0.05) is 29.8 Å². The van der Waals surface area contributed by atoms with Gasteiger partial charge in [-0.2, -0.15) is 0 Å². The second kappa shape index (κ2) is 7.32. The molecule has 1 fully saturated rings. The van der Waals surface area contributed by atoms with Gasteiger partial charge in [-0.25, -0.2) is 0 Å². The van der Waals surface area contributed by atoms with Crippen molar-refractivity contribution in [3.8, 4) is 11.8 Å². The summed E-state index contributed by atoms with van der Waals surface area (Å²) in [5, 5.41) is 10.8. The Balaban J connectivity index is 2.04. The number of carbonyl (C=O) groups excluding carboxylic acids is 1. The number of carbonyl (C=O) groups is 1. The zero-order valence-corrected chi connectivity index (χ0v) is 11.8. The van der Waals surface area contributed by atoms with Gasteiger partial charge in [-0.3, -0.25) is 4.79 Å². The number of thiophene rings is 1.